The highest BCUT2D eigenvalue weighted by molar-refractivity contribution is 5.77. The highest BCUT2D eigenvalue weighted by atomic mass is 16.5. The van der Waals surface area contributed by atoms with Gasteiger partial charge in [-0.05, 0) is 24.6 Å². The van der Waals surface area contributed by atoms with Crippen molar-refractivity contribution in [2.45, 2.75) is 25.9 Å². The van der Waals surface area contributed by atoms with Crippen molar-refractivity contribution in [1.29, 1.82) is 0 Å². The lowest BCUT2D eigenvalue weighted by Crippen LogP contribution is -2.39. The van der Waals surface area contributed by atoms with Gasteiger partial charge in [0, 0.05) is 32.0 Å². The Balaban J connectivity index is 1.45. The fraction of sp³-hybridized carbons (Fsp3) is 0.368. The fourth-order valence-corrected chi connectivity index (χ4v) is 3.34. The first kappa shape index (κ1) is 17.3. The minimum Gasteiger partial charge on any atom is -0.489 e. The highest BCUT2D eigenvalue weighted by Gasteiger charge is 2.23. The molecule has 0 saturated carbocycles. The van der Waals surface area contributed by atoms with Crippen LogP contribution in [-0.2, 0) is 0 Å². The molecule has 3 aromatic rings. The third-order valence-electron chi connectivity index (χ3n) is 4.76. The van der Waals surface area contributed by atoms with Crippen LogP contribution in [0.5, 0.6) is 11.6 Å². The average molecular weight is 367 g/mol. The summed E-state index contributed by atoms with van der Waals surface area (Å²) in [6.45, 7) is 3.63. The van der Waals surface area contributed by atoms with E-state index in [1.807, 2.05) is 19.1 Å². The van der Waals surface area contributed by atoms with Gasteiger partial charge in [-0.25, -0.2) is 15.0 Å². The molecule has 1 N–H and O–H groups in total. The van der Waals surface area contributed by atoms with Crippen LogP contribution in [0.2, 0.25) is 0 Å². The summed E-state index contributed by atoms with van der Waals surface area (Å²) in [6, 6.07) is 5.52. The lowest BCUT2D eigenvalue weighted by Gasteiger charge is -2.33. The van der Waals surface area contributed by atoms with Gasteiger partial charge in [-0.3, -0.25) is 4.79 Å². The molecule has 0 atom stereocenters. The molecular formula is C19H21N5O3. The number of hydrogen-bond donors (Lipinski definition) is 1. The van der Waals surface area contributed by atoms with Gasteiger partial charge in [0.25, 0.3) is 5.56 Å². The third kappa shape index (κ3) is 3.55. The molecule has 1 fully saturated rings. The van der Waals surface area contributed by atoms with E-state index < -0.39 is 0 Å². The van der Waals surface area contributed by atoms with Crippen LogP contribution < -0.4 is 19.9 Å². The number of aromatic nitrogens is 4. The van der Waals surface area contributed by atoms with E-state index in [-0.39, 0.29) is 11.7 Å². The SMILES string of the molecule is COc1ccc(OC2CCN(c3nc4nc[nH]c(=O)c4cc3C)CC2)cn1. The number of ether oxygens (including phenoxy) is 2. The molecule has 140 valence electrons. The Kier molecular flexibility index (Phi) is 4.62. The third-order valence-corrected chi connectivity index (χ3v) is 4.76. The predicted octanol–water partition coefficient (Wildman–Crippen LogP) is 2.08. The van der Waals surface area contributed by atoms with Crippen LogP contribution >= 0.6 is 0 Å². The van der Waals surface area contributed by atoms with Crippen molar-refractivity contribution in [3.8, 4) is 11.6 Å². The van der Waals surface area contributed by atoms with Crippen LogP contribution in [0.15, 0.2) is 35.5 Å². The zero-order chi connectivity index (χ0) is 18.8. The summed E-state index contributed by atoms with van der Waals surface area (Å²) >= 11 is 0. The van der Waals surface area contributed by atoms with Crippen LogP contribution in [0, 0.1) is 6.92 Å². The number of rotatable bonds is 4. The molecule has 0 spiro atoms. The molecular weight excluding hydrogens is 346 g/mol. The Morgan fingerprint density at radius 2 is 2.04 bits per heavy atom. The van der Waals surface area contributed by atoms with Gasteiger partial charge >= 0.3 is 0 Å². The Morgan fingerprint density at radius 1 is 1.22 bits per heavy atom. The number of pyridine rings is 2. The van der Waals surface area contributed by atoms with Crippen LogP contribution in [0.3, 0.4) is 0 Å². The predicted molar refractivity (Wildman–Crippen MR) is 102 cm³/mol. The molecule has 0 unspecified atom stereocenters. The molecule has 3 aromatic heterocycles. The summed E-state index contributed by atoms with van der Waals surface area (Å²) in [7, 11) is 1.59. The van der Waals surface area contributed by atoms with Crippen molar-refractivity contribution in [3.05, 3.63) is 46.6 Å². The van der Waals surface area contributed by atoms with E-state index in [4.69, 9.17) is 9.47 Å². The molecule has 0 radical (unpaired) electrons. The van der Waals surface area contributed by atoms with Gasteiger partial charge in [0.2, 0.25) is 5.88 Å². The van der Waals surface area contributed by atoms with E-state index in [2.05, 4.69) is 24.8 Å². The second kappa shape index (κ2) is 7.22. The first-order chi connectivity index (χ1) is 13.1. The maximum atomic E-state index is 11.9. The van der Waals surface area contributed by atoms with Crippen molar-refractivity contribution in [2.75, 3.05) is 25.1 Å². The quantitative estimate of drug-likeness (QED) is 0.754. The van der Waals surface area contributed by atoms with Crippen molar-refractivity contribution in [1.82, 2.24) is 19.9 Å². The molecule has 1 aliphatic heterocycles. The van der Waals surface area contributed by atoms with E-state index in [0.717, 1.165) is 43.1 Å². The van der Waals surface area contributed by atoms with E-state index in [0.29, 0.717) is 16.9 Å². The zero-order valence-corrected chi connectivity index (χ0v) is 15.3. The van der Waals surface area contributed by atoms with Gasteiger partial charge in [-0.15, -0.1) is 0 Å². The van der Waals surface area contributed by atoms with Crippen molar-refractivity contribution < 1.29 is 9.47 Å². The minimum absolute atomic E-state index is 0.137. The van der Waals surface area contributed by atoms with Crippen molar-refractivity contribution in [3.63, 3.8) is 0 Å². The Labute approximate surface area is 156 Å². The lowest BCUT2D eigenvalue weighted by atomic mass is 10.1. The molecule has 1 saturated heterocycles. The molecule has 0 aromatic carbocycles. The molecule has 0 bridgehead atoms. The molecule has 8 nitrogen and oxygen atoms in total. The summed E-state index contributed by atoms with van der Waals surface area (Å²) in [5, 5.41) is 0.518. The van der Waals surface area contributed by atoms with Gasteiger partial charge < -0.3 is 19.4 Å². The van der Waals surface area contributed by atoms with Crippen molar-refractivity contribution in [2.24, 2.45) is 0 Å². The van der Waals surface area contributed by atoms with Crippen LogP contribution in [0.1, 0.15) is 18.4 Å². The standard InChI is InChI=1S/C19H21N5O3/c1-12-9-15-17(21-11-22-19(15)25)23-18(12)24-7-5-13(6-8-24)27-14-3-4-16(26-2)20-10-14/h3-4,9-11,13H,5-8H2,1-2H3,(H,21,22,23,25). The summed E-state index contributed by atoms with van der Waals surface area (Å²) < 4.78 is 11.1. The van der Waals surface area contributed by atoms with E-state index in [1.54, 1.807) is 19.4 Å². The first-order valence-electron chi connectivity index (χ1n) is 8.91. The van der Waals surface area contributed by atoms with Gasteiger partial charge in [-0.1, -0.05) is 0 Å². The van der Waals surface area contributed by atoms with Gasteiger partial charge in [0.05, 0.1) is 25.0 Å². The number of anilines is 1. The first-order valence-corrected chi connectivity index (χ1v) is 8.91. The van der Waals surface area contributed by atoms with E-state index in [9.17, 15) is 4.79 Å². The Bertz CT molecular complexity index is 994. The van der Waals surface area contributed by atoms with Crippen LogP contribution in [0.25, 0.3) is 11.0 Å². The van der Waals surface area contributed by atoms with E-state index in [1.165, 1.54) is 6.33 Å². The zero-order valence-electron chi connectivity index (χ0n) is 15.3. The number of methoxy groups -OCH3 is 1. The monoisotopic (exact) mass is 367 g/mol. The second-order valence-corrected chi connectivity index (χ2v) is 6.57. The molecule has 4 rings (SSSR count). The van der Waals surface area contributed by atoms with Crippen LogP contribution in [-0.4, -0.2) is 46.2 Å². The second-order valence-electron chi connectivity index (χ2n) is 6.57. The number of hydrogen-bond acceptors (Lipinski definition) is 7. The maximum Gasteiger partial charge on any atom is 0.260 e. The number of H-pyrrole nitrogens is 1. The average Bonchev–Trinajstić information content (AvgIpc) is 2.70. The fourth-order valence-electron chi connectivity index (χ4n) is 3.34. The summed E-state index contributed by atoms with van der Waals surface area (Å²) in [5.41, 5.74) is 1.28. The normalized spacial score (nSPS) is 15.1. The summed E-state index contributed by atoms with van der Waals surface area (Å²) in [6.07, 6.45) is 4.98. The van der Waals surface area contributed by atoms with Gasteiger partial charge in [0.15, 0.2) is 5.65 Å². The number of fused-ring (bicyclic) bond motifs is 1. The largest absolute Gasteiger partial charge is 0.489 e. The summed E-state index contributed by atoms with van der Waals surface area (Å²) in [5.74, 6) is 2.20. The molecule has 27 heavy (non-hydrogen) atoms. The molecule has 4 heterocycles. The highest BCUT2D eigenvalue weighted by Crippen LogP contribution is 2.26. The Morgan fingerprint density at radius 3 is 2.74 bits per heavy atom. The number of aromatic amines is 1. The Hall–Kier alpha value is -3.16. The van der Waals surface area contributed by atoms with Gasteiger partial charge in [0.1, 0.15) is 17.7 Å². The molecule has 0 aliphatic carbocycles. The number of nitrogens with zero attached hydrogens (tertiary/aromatic N) is 4. The number of nitrogens with one attached hydrogen (secondary N) is 1. The minimum atomic E-state index is -0.164. The summed E-state index contributed by atoms with van der Waals surface area (Å²) in [4.78, 5) is 29.7. The van der Waals surface area contributed by atoms with E-state index >= 15 is 0 Å². The van der Waals surface area contributed by atoms with Crippen LogP contribution in [0.4, 0.5) is 5.82 Å². The van der Waals surface area contributed by atoms with Gasteiger partial charge in [-0.2, -0.15) is 0 Å². The molecule has 8 heteroatoms. The number of aryl methyl sites for hydroxylation is 1. The lowest BCUT2D eigenvalue weighted by molar-refractivity contribution is 0.170. The smallest absolute Gasteiger partial charge is 0.260 e. The number of piperidine rings is 1. The maximum absolute atomic E-state index is 11.9. The van der Waals surface area contributed by atoms with Crippen molar-refractivity contribution >= 4 is 16.9 Å². The molecule has 0 amide bonds. The molecule has 1 aliphatic rings. The topological polar surface area (TPSA) is 93.2 Å².